The first-order valence-electron chi connectivity index (χ1n) is 6.49. The molecule has 2 N–H and O–H groups in total. The normalized spacial score (nSPS) is 15.8. The summed E-state index contributed by atoms with van der Waals surface area (Å²) in [5.41, 5.74) is 9.37. The second kappa shape index (κ2) is 5.09. The summed E-state index contributed by atoms with van der Waals surface area (Å²) < 4.78 is 0. The number of nitrogens with zero attached hydrogens (tertiary/aromatic N) is 3. The van der Waals surface area contributed by atoms with Crippen LogP contribution in [0.4, 0.5) is 16.5 Å². The van der Waals surface area contributed by atoms with Crippen molar-refractivity contribution in [2.45, 2.75) is 6.92 Å². The van der Waals surface area contributed by atoms with E-state index in [1.54, 1.807) is 11.3 Å². The molecule has 1 aliphatic heterocycles. The van der Waals surface area contributed by atoms with Crippen LogP contribution >= 0.6 is 11.3 Å². The van der Waals surface area contributed by atoms with E-state index in [0.717, 1.165) is 37.0 Å². The summed E-state index contributed by atoms with van der Waals surface area (Å²) in [6.07, 6.45) is 1.87. The summed E-state index contributed by atoms with van der Waals surface area (Å²) in [6, 6.07) is 6.23. The molecule has 100 valence electrons. The van der Waals surface area contributed by atoms with Gasteiger partial charge in [-0.2, -0.15) is 0 Å². The minimum Gasteiger partial charge on any atom is -0.397 e. The molecular weight excluding hydrogens is 256 g/mol. The molecule has 4 nitrogen and oxygen atoms in total. The quantitative estimate of drug-likeness (QED) is 0.854. The molecule has 5 heteroatoms. The van der Waals surface area contributed by atoms with E-state index in [2.05, 4.69) is 33.8 Å². The fourth-order valence-corrected chi connectivity index (χ4v) is 3.14. The van der Waals surface area contributed by atoms with Gasteiger partial charge in [-0.05, 0) is 24.6 Å². The zero-order valence-corrected chi connectivity index (χ0v) is 11.9. The van der Waals surface area contributed by atoms with E-state index in [1.165, 1.54) is 11.3 Å². The van der Waals surface area contributed by atoms with Gasteiger partial charge in [0, 0.05) is 37.8 Å². The molecule has 0 radical (unpaired) electrons. The van der Waals surface area contributed by atoms with Crippen LogP contribution < -0.4 is 15.5 Å². The first kappa shape index (κ1) is 12.3. The van der Waals surface area contributed by atoms with Crippen LogP contribution in [0.5, 0.6) is 0 Å². The maximum atomic E-state index is 6.08. The molecule has 0 saturated carbocycles. The largest absolute Gasteiger partial charge is 0.397 e. The second-order valence-corrected chi connectivity index (χ2v) is 5.72. The van der Waals surface area contributed by atoms with Gasteiger partial charge in [0.25, 0.3) is 0 Å². The fourth-order valence-electron chi connectivity index (χ4n) is 2.44. The molecule has 1 aliphatic rings. The molecule has 0 atom stereocenters. The van der Waals surface area contributed by atoms with Gasteiger partial charge in [0.15, 0.2) is 5.13 Å². The third kappa shape index (κ3) is 2.51. The van der Waals surface area contributed by atoms with Crippen molar-refractivity contribution < 1.29 is 0 Å². The Kier molecular flexibility index (Phi) is 3.29. The Morgan fingerprint density at radius 2 is 1.89 bits per heavy atom. The van der Waals surface area contributed by atoms with E-state index >= 15 is 0 Å². The molecule has 2 aromatic rings. The number of aromatic nitrogens is 1. The number of hydrogen-bond donors (Lipinski definition) is 1. The zero-order chi connectivity index (χ0) is 13.2. The van der Waals surface area contributed by atoms with Crippen LogP contribution in [0.25, 0.3) is 0 Å². The van der Waals surface area contributed by atoms with E-state index in [9.17, 15) is 0 Å². The number of benzene rings is 1. The van der Waals surface area contributed by atoms with Crippen LogP contribution in [0.1, 0.15) is 5.56 Å². The van der Waals surface area contributed by atoms with E-state index < -0.39 is 0 Å². The van der Waals surface area contributed by atoms with Gasteiger partial charge in [0.1, 0.15) is 0 Å². The number of aryl methyl sites for hydroxylation is 1. The van der Waals surface area contributed by atoms with Crippen molar-refractivity contribution in [3.63, 3.8) is 0 Å². The Bertz CT molecular complexity index is 545. The molecule has 19 heavy (non-hydrogen) atoms. The molecule has 1 saturated heterocycles. The number of hydrogen-bond acceptors (Lipinski definition) is 5. The van der Waals surface area contributed by atoms with Crippen LogP contribution in [-0.4, -0.2) is 31.2 Å². The Balaban J connectivity index is 1.71. The predicted molar refractivity (Wildman–Crippen MR) is 82.1 cm³/mol. The van der Waals surface area contributed by atoms with Crippen LogP contribution in [0.15, 0.2) is 29.8 Å². The number of nitrogens with two attached hydrogens (primary N) is 1. The molecular formula is C14H18N4S. The van der Waals surface area contributed by atoms with Gasteiger partial charge in [0.2, 0.25) is 0 Å². The summed E-state index contributed by atoms with van der Waals surface area (Å²) in [5.74, 6) is 0. The third-order valence-electron chi connectivity index (χ3n) is 3.50. The number of piperazine rings is 1. The summed E-state index contributed by atoms with van der Waals surface area (Å²) in [6.45, 7) is 6.09. The summed E-state index contributed by atoms with van der Waals surface area (Å²) in [5, 5.41) is 3.15. The van der Waals surface area contributed by atoms with Crippen molar-refractivity contribution in [2.24, 2.45) is 0 Å². The van der Waals surface area contributed by atoms with Crippen LogP contribution in [0.2, 0.25) is 0 Å². The van der Waals surface area contributed by atoms with Gasteiger partial charge >= 0.3 is 0 Å². The Morgan fingerprint density at radius 1 is 1.16 bits per heavy atom. The average Bonchev–Trinajstić information content (AvgIpc) is 2.96. The van der Waals surface area contributed by atoms with Gasteiger partial charge in [-0.1, -0.05) is 6.07 Å². The van der Waals surface area contributed by atoms with Crippen LogP contribution in [0.3, 0.4) is 0 Å². The summed E-state index contributed by atoms with van der Waals surface area (Å²) in [7, 11) is 0. The van der Waals surface area contributed by atoms with Crippen molar-refractivity contribution in [1.29, 1.82) is 0 Å². The van der Waals surface area contributed by atoms with Crippen molar-refractivity contribution in [3.05, 3.63) is 35.3 Å². The molecule has 0 spiro atoms. The van der Waals surface area contributed by atoms with E-state index in [-0.39, 0.29) is 0 Å². The number of thiazole rings is 1. The standard InChI is InChI=1S/C14H18N4S/c1-11-2-3-12(15)13(10-11)17-5-7-18(8-6-17)14-16-4-9-19-14/h2-4,9-10H,5-8,15H2,1H3. The monoisotopic (exact) mass is 274 g/mol. The van der Waals surface area contributed by atoms with E-state index in [1.807, 2.05) is 17.6 Å². The summed E-state index contributed by atoms with van der Waals surface area (Å²) >= 11 is 1.70. The Labute approximate surface area is 117 Å². The summed E-state index contributed by atoms with van der Waals surface area (Å²) in [4.78, 5) is 9.08. The lowest BCUT2D eigenvalue weighted by atomic mass is 10.1. The molecule has 0 amide bonds. The molecule has 1 aromatic heterocycles. The lowest BCUT2D eigenvalue weighted by molar-refractivity contribution is 0.652. The topological polar surface area (TPSA) is 45.4 Å². The van der Waals surface area contributed by atoms with E-state index in [0.29, 0.717) is 0 Å². The fraction of sp³-hybridized carbons (Fsp3) is 0.357. The highest BCUT2D eigenvalue weighted by Crippen LogP contribution is 2.27. The molecule has 1 fully saturated rings. The molecule has 0 bridgehead atoms. The van der Waals surface area contributed by atoms with Crippen LogP contribution in [-0.2, 0) is 0 Å². The number of rotatable bonds is 2. The predicted octanol–water partition coefficient (Wildman–Crippen LogP) is 2.36. The average molecular weight is 274 g/mol. The highest BCUT2D eigenvalue weighted by atomic mass is 32.1. The highest BCUT2D eigenvalue weighted by molar-refractivity contribution is 7.13. The maximum Gasteiger partial charge on any atom is 0.185 e. The smallest absolute Gasteiger partial charge is 0.185 e. The third-order valence-corrected chi connectivity index (χ3v) is 4.33. The second-order valence-electron chi connectivity index (χ2n) is 4.85. The van der Waals surface area contributed by atoms with Gasteiger partial charge in [0.05, 0.1) is 11.4 Å². The maximum absolute atomic E-state index is 6.08. The molecule has 0 aliphatic carbocycles. The minimum atomic E-state index is 0.869. The van der Waals surface area contributed by atoms with Crippen LogP contribution in [0, 0.1) is 6.92 Å². The van der Waals surface area contributed by atoms with Gasteiger partial charge in [-0.15, -0.1) is 11.3 Å². The number of anilines is 3. The Hall–Kier alpha value is -1.75. The van der Waals surface area contributed by atoms with Crippen molar-refractivity contribution >= 4 is 27.8 Å². The van der Waals surface area contributed by atoms with Gasteiger partial charge < -0.3 is 15.5 Å². The van der Waals surface area contributed by atoms with Crippen molar-refractivity contribution in [2.75, 3.05) is 41.7 Å². The first-order valence-corrected chi connectivity index (χ1v) is 7.37. The molecule has 2 heterocycles. The van der Waals surface area contributed by atoms with Gasteiger partial charge in [-0.25, -0.2) is 4.98 Å². The van der Waals surface area contributed by atoms with Crippen molar-refractivity contribution in [3.8, 4) is 0 Å². The SMILES string of the molecule is Cc1ccc(N)c(N2CCN(c3nccs3)CC2)c1. The Morgan fingerprint density at radius 3 is 2.58 bits per heavy atom. The zero-order valence-electron chi connectivity index (χ0n) is 11.0. The molecule has 1 aromatic carbocycles. The van der Waals surface area contributed by atoms with Crippen molar-refractivity contribution in [1.82, 2.24) is 4.98 Å². The lowest BCUT2D eigenvalue weighted by Gasteiger charge is -2.36. The minimum absolute atomic E-state index is 0.869. The van der Waals surface area contributed by atoms with Gasteiger partial charge in [-0.3, -0.25) is 0 Å². The molecule has 3 rings (SSSR count). The first-order chi connectivity index (χ1) is 9.24. The van der Waals surface area contributed by atoms with E-state index in [4.69, 9.17) is 5.73 Å². The number of nitrogen functional groups attached to an aromatic ring is 1. The molecule has 0 unspecified atom stereocenters. The lowest BCUT2D eigenvalue weighted by Crippen LogP contribution is -2.46. The highest BCUT2D eigenvalue weighted by Gasteiger charge is 2.20.